The normalized spacial score (nSPS) is 35.0. The third-order valence-corrected chi connectivity index (χ3v) is 5.72. The van der Waals surface area contributed by atoms with E-state index in [1.165, 1.54) is 45.3 Å². The molecule has 4 heteroatoms. The molecule has 0 radical (unpaired) electrons. The Balaban J connectivity index is 1.67. The molecule has 4 nitrogen and oxygen atoms in total. The van der Waals surface area contributed by atoms with Crippen molar-refractivity contribution in [1.29, 1.82) is 0 Å². The molecule has 3 rings (SSSR count). The molecule has 0 aromatic carbocycles. The van der Waals surface area contributed by atoms with Gasteiger partial charge in [-0.2, -0.15) is 0 Å². The maximum Gasteiger partial charge on any atom is 0.0628 e. The number of rotatable bonds is 6. The van der Waals surface area contributed by atoms with Crippen LogP contribution in [0.25, 0.3) is 0 Å². The van der Waals surface area contributed by atoms with E-state index in [0.29, 0.717) is 12.0 Å². The van der Waals surface area contributed by atoms with E-state index >= 15 is 0 Å². The lowest BCUT2D eigenvalue weighted by Crippen LogP contribution is -2.63. The van der Waals surface area contributed by atoms with Crippen molar-refractivity contribution in [2.45, 2.75) is 57.2 Å². The monoisotopic (exact) mass is 281 g/mol. The van der Waals surface area contributed by atoms with Crippen LogP contribution in [0.5, 0.6) is 0 Å². The fourth-order valence-corrected chi connectivity index (χ4v) is 4.38. The summed E-state index contributed by atoms with van der Waals surface area (Å²) < 4.78 is 0. The first-order valence-electron chi connectivity index (χ1n) is 8.52. The molecule has 2 saturated heterocycles. The van der Waals surface area contributed by atoms with Crippen molar-refractivity contribution >= 4 is 0 Å². The van der Waals surface area contributed by atoms with Crippen LogP contribution in [0.3, 0.4) is 0 Å². The number of hydrogen-bond donors (Lipinski definition) is 2. The number of hydrogen-bond acceptors (Lipinski definition) is 4. The lowest BCUT2D eigenvalue weighted by Gasteiger charge is -2.47. The first-order chi connectivity index (χ1) is 9.68. The van der Waals surface area contributed by atoms with E-state index in [1.807, 2.05) is 0 Å². The smallest absolute Gasteiger partial charge is 0.0628 e. The molecule has 2 heterocycles. The Morgan fingerprint density at radius 2 is 2.05 bits per heavy atom. The molecule has 116 valence electrons. The highest BCUT2D eigenvalue weighted by Crippen LogP contribution is 2.40. The van der Waals surface area contributed by atoms with Crippen molar-refractivity contribution in [3.63, 3.8) is 0 Å². The van der Waals surface area contributed by atoms with E-state index in [0.717, 1.165) is 19.1 Å². The van der Waals surface area contributed by atoms with Crippen molar-refractivity contribution < 1.29 is 5.11 Å². The highest BCUT2D eigenvalue weighted by molar-refractivity contribution is 5.04. The third kappa shape index (κ3) is 2.76. The molecular formula is C16H31N3O. The van der Waals surface area contributed by atoms with Crippen LogP contribution < -0.4 is 5.32 Å². The minimum Gasteiger partial charge on any atom is -0.394 e. The quantitative estimate of drug-likeness (QED) is 0.759. The van der Waals surface area contributed by atoms with Crippen molar-refractivity contribution in [3.05, 3.63) is 0 Å². The summed E-state index contributed by atoms with van der Waals surface area (Å²) in [5, 5.41) is 13.7. The van der Waals surface area contributed by atoms with E-state index in [1.54, 1.807) is 0 Å². The van der Waals surface area contributed by atoms with Gasteiger partial charge < -0.3 is 10.4 Å². The Morgan fingerprint density at radius 3 is 2.70 bits per heavy atom. The highest BCUT2D eigenvalue weighted by Gasteiger charge is 2.47. The molecule has 0 spiro atoms. The Labute approximate surface area is 123 Å². The van der Waals surface area contributed by atoms with Crippen LogP contribution in [0.1, 0.15) is 39.5 Å². The van der Waals surface area contributed by atoms with Gasteiger partial charge in [0.25, 0.3) is 0 Å². The van der Waals surface area contributed by atoms with Gasteiger partial charge in [-0.1, -0.05) is 6.92 Å². The Bertz CT molecular complexity index is 334. The van der Waals surface area contributed by atoms with Gasteiger partial charge in [-0.15, -0.1) is 0 Å². The average molecular weight is 281 g/mol. The summed E-state index contributed by atoms with van der Waals surface area (Å²) in [6, 6.07) is 1.39. The zero-order chi connectivity index (χ0) is 14.2. The lowest BCUT2D eigenvalue weighted by atomic mass is 9.91. The van der Waals surface area contributed by atoms with Gasteiger partial charge in [0.2, 0.25) is 0 Å². The molecule has 20 heavy (non-hydrogen) atoms. The number of likely N-dealkylation sites (N-methyl/N-ethyl adjacent to an activating group) is 1. The zero-order valence-corrected chi connectivity index (χ0v) is 13.1. The third-order valence-electron chi connectivity index (χ3n) is 5.72. The second-order valence-corrected chi connectivity index (χ2v) is 7.19. The fourth-order valence-electron chi connectivity index (χ4n) is 4.38. The molecule has 1 aliphatic carbocycles. The van der Waals surface area contributed by atoms with Crippen molar-refractivity contribution in [2.24, 2.45) is 5.92 Å². The summed E-state index contributed by atoms with van der Waals surface area (Å²) in [4.78, 5) is 5.32. The maximum absolute atomic E-state index is 10.0. The Morgan fingerprint density at radius 1 is 1.25 bits per heavy atom. The average Bonchev–Trinajstić information content (AvgIpc) is 3.20. The second kappa shape index (κ2) is 5.91. The number of aliphatic hydroxyl groups is 1. The minimum atomic E-state index is -0.0518. The van der Waals surface area contributed by atoms with Crippen LogP contribution in [-0.4, -0.2) is 71.9 Å². The van der Waals surface area contributed by atoms with Crippen molar-refractivity contribution in [1.82, 2.24) is 15.1 Å². The summed E-state index contributed by atoms with van der Waals surface area (Å²) in [6.45, 7) is 10.5. The summed E-state index contributed by atoms with van der Waals surface area (Å²) in [5.41, 5.74) is -0.0518. The predicted molar refractivity (Wildman–Crippen MR) is 81.8 cm³/mol. The molecule has 3 atom stereocenters. The highest BCUT2D eigenvalue weighted by atomic mass is 16.3. The van der Waals surface area contributed by atoms with Crippen LogP contribution in [0.4, 0.5) is 0 Å². The number of nitrogens with zero attached hydrogens (tertiary/aromatic N) is 2. The van der Waals surface area contributed by atoms with Gasteiger partial charge in [-0.05, 0) is 51.6 Å². The molecule has 2 aliphatic heterocycles. The Hall–Kier alpha value is -0.160. The van der Waals surface area contributed by atoms with Gasteiger partial charge in [0.15, 0.2) is 0 Å². The molecule has 3 fully saturated rings. The van der Waals surface area contributed by atoms with Gasteiger partial charge in [0.05, 0.1) is 12.1 Å². The van der Waals surface area contributed by atoms with E-state index in [2.05, 4.69) is 29.0 Å². The van der Waals surface area contributed by atoms with Crippen LogP contribution in [0, 0.1) is 5.92 Å². The number of piperazine rings is 1. The first-order valence-corrected chi connectivity index (χ1v) is 8.52. The topological polar surface area (TPSA) is 38.7 Å². The second-order valence-electron chi connectivity index (χ2n) is 7.19. The van der Waals surface area contributed by atoms with Crippen LogP contribution in [-0.2, 0) is 0 Å². The lowest BCUT2D eigenvalue weighted by molar-refractivity contribution is 0.0163. The molecule has 0 amide bonds. The summed E-state index contributed by atoms with van der Waals surface area (Å²) in [7, 11) is 0. The van der Waals surface area contributed by atoms with Crippen molar-refractivity contribution in [3.8, 4) is 0 Å². The summed E-state index contributed by atoms with van der Waals surface area (Å²) in [6.07, 6.45) is 5.29. The predicted octanol–water partition coefficient (Wildman–Crippen LogP) is 0.906. The van der Waals surface area contributed by atoms with Gasteiger partial charge in [0, 0.05) is 31.7 Å². The molecule has 0 bridgehead atoms. The van der Waals surface area contributed by atoms with Crippen molar-refractivity contribution in [2.75, 3.05) is 39.3 Å². The molecule has 1 saturated carbocycles. The largest absolute Gasteiger partial charge is 0.394 e. The SMILES string of the molecule is CCNC(CO)(CN1CC2CCCN2CC1C)C1CC1. The number of fused-ring (bicyclic) bond motifs is 1. The number of aliphatic hydroxyl groups excluding tert-OH is 1. The van der Waals surface area contributed by atoms with E-state index in [-0.39, 0.29) is 12.1 Å². The minimum absolute atomic E-state index is 0.0518. The van der Waals surface area contributed by atoms with Gasteiger partial charge in [-0.25, -0.2) is 0 Å². The first kappa shape index (κ1) is 14.8. The maximum atomic E-state index is 10.0. The van der Waals surface area contributed by atoms with Gasteiger partial charge >= 0.3 is 0 Å². The van der Waals surface area contributed by atoms with E-state index in [9.17, 15) is 5.11 Å². The molecule has 0 aromatic heterocycles. The van der Waals surface area contributed by atoms with Crippen LogP contribution in [0.2, 0.25) is 0 Å². The standard InChI is InChI=1S/C16H31N3O/c1-3-17-16(12-20,14-6-7-14)11-19-10-15-5-4-8-18(15)9-13(19)2/h13-15,17,20H,3-12H2,1-2H3. The summed E-state index contributed by atoms with van der Waals surface area (Å²) in [5.74, 6) is 0.682. The van der Waals surface area contributed by atoms with E-state index in [4.69, 9.17) is 0 Å². The van der Waals surface area contributed by atoms with E-state index < -0.39 is 0 Å². The van der Waals surface area contributed by atoms with Gasteiger partial charge in [-0.3, -0.25) is 9.80 Å². The molecule has 2 N–H and O–H groups in total. The zero-order valence-electron chi connectivity index (χ0n) is 13.1. The fraction of sp³-hybridized carbons (Fsp3) is 1.00. The Kier molecular flexibility index (Phi) is 4.37. The van der Waals surface area contributed by atoms with Crippen LogP contribution >= 0.6 is 0 Å². The molecule has 3 unspecified atom stereocenters. The van der Waals surface area contributed by atoms with Crippen LogP contribution in [0.15, 0.2) is 0 Å². The molecular weight excluding hydrogens is 250 g/mol. The van der Waals surface area contributed by atoms with Gasteiger partial charge in [0.1, 0.15) is 0 Å². The molecule has 0 aromatic rings. The summed E-state index contributed by atoms with van der Waals surface area (Å²) >= 11 is 0. The molecule has 3 aliphatic rings. The number of nitrogens with one attached hydrogen (secondary N) is 1.